The number of nitrogens with one attached hydrogen (secondary N) is 1. The van der Waals surface area contributed by atoms with Gasteiger partial charge in [-0.05, 0) is 48.7 Å². The Hall–Kier alpha value is -2.96. The lowest BCUT2D eigenvalue weighted by Gasteiger charge is -2.19. The van der Waals surface area contributed by atoms with Crippen molar-refractivity contribution in [2.24, 2.45) is 0 Å². The number of carbonyl (C=O) groups is 1. The van der Waals surface area contributed by atoms with E-state index >= 15 is 0 Å². The second-order valence-electron chi connectivity index (χ2n) is 7.21. The normalized spacial score (nSPS) is 12.3. The summed E-state index contributed by atoms with van der Waals surface area (Å²) in [5.41, 5.74) is 3.08. The molecule has 5 nitrogen and oxygen atoms in total. The topological polar surface area (TPSA) is 72.5 Å². The predicted molar refractivity (Wildman–Crippen MR) is 117 cm³/mol. The zero-order valence-corrected chi connectivity index (χ0v) is 17.9. The summed E-state index contributed by atoms with van der Waals surface area (Å²) in [6, 6.07) is 23.9. The van der Waals surface area contributed by atoms with Gasteiger partial charge in [-0.1, -0.05) is 60.2 Å². The number of hydrogen-bond acceptors (Lipinski definition) is 4. The van der Waals surface area contributed by atoms with E-state index < -0.39 is 10.0 Å². The molecule has 0 fully saturated rings. The fourth-order valence-electron chi connectivity index (χ4n) is 3.19. The third-order valence-corrected chi connectivity index (χ3v) is 6.23. The van der Waals surface area contributed by atoms with E-state index in [-0.39, 0.29) is 23.3 Å². The first-order chi connectivity index (χ1) is 14.3. The van der Waals surface area contributed by atoms with Crippen LogP contribution < -0.4 is 9.46 Å². The van der Waals surface area contributed by atoms with Gasteiger partial charge in [0, 0.05) is 19.4 Å². The summed E-state index contributed by atoms with van der Waals surface area (Å²) in [6.07, 6.45) is 0.671. The van der Waals surface area contributed by atoms with E-state index in [4.69, 9.17) is 4.74 Å². The quantitative estimate of drug-likeness (QED) is 0.435. The summed E-state index contributed by atoms with van der Waals surface area (Å²) in [6.45, 7) is 3.52. The van der Waals surface area contributed by atoms with Crippen LogP contribution >= 0.6 is 0 Å². The van der Waals surface area contributed by atoms with Crippen molar-refractivity contribution in [3.63, 3.8) is 0 Å². The second-order valence-corrected chi connectivity index (χ2v) is 8.98. The number of ether oxygens (including phenoxy) is 1. The molecule has 0 amide bonds. The molecule has 0 spiro atoms. The molecule has 30 heavy (non-hydrogen) atoms. The summed E-state index contributed by atoms with van der Waals surface area (Å²) in [7, 11) is -3.62. The molecule has 3 rings (SSSR count). The molecule has 3 aromatic rings. The van der Waals surface area contributed by atoms with Gasteiger partial charge in [0.1, 0.15) is 5.75 Å². The van der Waals surface area contributed by atoms with Crippen molar-refractivity contribution >= 4 is 16.0 Å². The van der Waals surface area contributed by atoms with Crippen LogP contribution in [0.1, 0.15) is 29.5 Å². The Balaban J connectivity index is 1.80. The average molecular weight is 424 g/mol. The number of hydrogen-bond donors (Lipinski definition) is 1. The van der Waals surface area contributed by atoms with E-state index in [1.54, 1.807) is 36.4 Å². The van der Waals surface area contributed by atoms with Gasteiger partial charge in [-0.15, -0.1) is 0 Å². The summed E-state index contributed by atoms with van der Waals surface area (Å²) in [5, 5.41) is 0. The lowest BCUT2D eigenvalue weighted by atomic mass is 9.92. The van der Waals surface area contributed by atoms with Gasteiger partial charge < -0.3 is 4.74 Å². The highest BCUT2D eigenvalue weighted by atomic mass is 32.2. The summed E-state index contributed by atoms with van der Waals surface area (Å²) in [4.78, 5) is 11.4. The third-order valence-electron chi connectivity index (χ3n) is 4.79. The largest absolute Gasteiger partial charge is 0.427 e. The maximum atomic E-state index is 12.7. The van der Waals surface area contributed by atoms with Crippen molar-refractivity contribution in [2.45, 2.75) is 31.1 Å². The first-order valence-corrected chi connectivity index (χ1v) is 11.2. The zero-order chi connectivity index (χ0) is 21.6. The summed E-state index contributed by atoms with van der Waals surface area (Å²) in [5.74, 6) is -0.00149. The molecule has 0 aromatic heterocycles. The van der Waals surface area contributed by atoms with Crippen LogP contribution in [0.2, 0.25) is 0 Å². The highest BCUT2D eigenvalue weighted by molar-refractivity contribution is 7.89. The highest BCUT2D eigenvalue weighted by Gasteiger charge is 2.19. The minimum Gasteiger partial charge on any atom is -0.427 e. The van der Waals surface area contributed by atoms with Crippen molar-refractivity contribution in [1.29, 1.82) is 0 Å². The maximum Gasteiger partial charge on any atom is 0.308 e. The van der Waals surface area contributed by atoms with Gasteiger partial charge in [0.25, 0.3) is 0 Å². The Labute approximate surface area is 177 Å². The number of rotatable bonds is 8. The van der Waals surface area contributed by atoms with Gasteiger partial charge in [0.15, 0.2) is 0 Å². The van der Waals surface area contributed by atoms with Crippen LogP contribution in [0.3, 0.4) is 0 Å². The van der Waals surface area contributed by atoms with Gasteiger partial charge in [-0.2, -0.15) is 0 Å². The average Bonchev–Trinajstić information content (AvgIpc) is 2.72. The van der Waals surface area contributed by atoms with Crippen LogP contribution in [0.25, 0.3) is 0 Å². The van der Waals surface area contributed by atoms with E-state index in [1.807, 2.05) is 49.4 Å². The minimum absolute atomic E-state index is 0.0843. The van der Waals surface area contributed by atoms with Gasteiger partial charge in [-0.25, -0.2) is 13.1 Å². The lowest BCUT2D eigenvalue weighted by Crippen LogP contribution is -2.29. The molecule has 0 aliphatic rings. The van der Waals surface area contributed by atoms with Crippen molar-refractivity contribution in [2.75, 3.05) is 6.54 Å². The van der Waals surface area contributed by atoms with Crippen LogP contribution in [0.4, 0.5) is 0 Å². The third kappa shape index (κ3) is 6.02. The van der Waals surface area contributed by atoms with E-state index in [0.717, 1.165) is 16.7 Å². The lowest BCUT2D eigenvalue weighted by molar-refractivity contribution is -0.131. The fourth-order valence-corrected chi connectivity index (χ4v) is 4.27. The smallest absolute Gasteiger partial charge is 0.308 e. The molecule has 0 radical (unpaired) electrons. The molecule has 3 aromatic carbocycles. The van der Waals surface area contributed by atoms with Crippen molar-refractivity contribution in [3.05, 3.63) is 95.6 Å². The number of esters is 1. The molecular formula is C24H25NO4S. The van der Waals surface area contributed by atoms with Crippen LogP contribution in [0, 0.1) is 6.92 Å². The molecule has 0 saturated heterocycles. The van der Waals surface area contributed by atoms with E-state index in [0.29, 0.717) is 12.2 Å². The second kappa shape index (κ2) is 9.69. The molecule has 0 aliphatic carbocycles. The fraction of sp³-hybridized carbons (Fsp3) is 0.208. The molecule has 0 bridgehead atoms. The standard InChI is InChI=1S/C24H25NO4S/c1-18-8-14-24(15-9-18)30(27,28)25-17-22(16-20-6-4-3-5-7-20)21-10-12-23(13-11-21)29-19(2)26/h3-15,22,25H,16-17H2,1-2H3/t22-/m0/s1. The SMILES string of the molecule is CC(=O)Oc1ccc([C@H](CNS(=O)(=O)c2ccc(C)cc2)Cc2ccccc2)cc1. The number of carbonyl (C=O) groups excluding carboxylic acids is 1. The Bertz CT molecular complexity index is 1080. The Kier molecular flexibility index (Phi) is 7.03. The monoisotopic (exact) mass is 423 g/mol. The van der Waals surface area contributed by atoms with Crippen LogP contribution in [0.15, 0.2) is 83.8 Å². The molecule has 0 aliphatic heterocycles. The number of aryl methyl sites for hydroxylation is 1. The van der Waals surface area contributed by atoms with Gasteiger partial charge in [-0.3, -0.25) is 4.79 Å². The van der Waals surface area contributed by atoms with E-state index in [2.05, 4.69) is 4.72 Å². The molecule has 156 valence electrons. The Morgan fingerprint density at radius 3 is 2.17 bits per heavy atom. The van der Waals surface area contributed by atoms with Gasteiger partial charge >= 0.3 is 5.97 Å². The van der Waals surface area contributed by atoms with Gasteiger partial charge in [0.05, 0.1) is 4.90 Å². The Morgan fingerprint density at radius 1 is 0.933 bits per heavy atom. The first kappa shape index (κ1) is 21.7. The maximum absolute atomic E-state index is 12.7. The molecule has 0 saturated carbocycles. The van der Waals surface area contributed by atoms with E-state index in [9.17, 15) is 13.2 Å². The Morgan fingerprint density at radius 2 is 1.57 bits per heavy atom. The predicted octanol–water partition coefficient (Wildman–Crippen LogP) is 4.23. The van der Waals surface area contributed by atoms with Crippen LogP contribution in [-0.2, 0) is 21.2 Å². The van der Waals surface area contributed by atoms with Crippen LogP contribution in [0.5, 0.6) is 5.75 Å². The summed E-state index contributed by atoms with van der Waals surface area (Å²) < 4.78 is 33.3. The highest BCUT2D eigenvalue weighted by Crippen LogP contribution is 2.24. The number of sulfonamides is 1. The zero-order valence-electron chi connectivity index (χ0n) is 17.0. The van der Waals surface area contributed by atoms with Crippen molar-refractivity contribution in [1.82, 2.24) is 4.72 Å². The molecule has 0 unspecified atom stereocenters. The van der Waals surface area contributed by atoms with Gasteiger partial charge in [0.2, 0.25) is 10.0 Å². The van der Waals surface area contributed by atoms with Crippen molar-refractivity contribution in [3.8, 4) is 5.75 Å². The molecule has 0 heterocycles. The van der Waals surface area contributed by atoms with Crippen LogP contribution in [-0.4, -0.2) is 20.9 Å². The van der Waals surface area contributed by atoms with Crippen molar-refractivity contribution < 1.29 is 17.9 Å². The minimum atomic E-state index is -3.62. The summed E-state index contributed by atoms with van der Waals surface area (Å²) >= 11 is 0. The molecule has 1 N–H and O–H groups in total. The van der Waals surface area contributed by atoms with E-state index in [1.165, 1.54) is 6.92 Å². The molecule has 1 atom stereocenters. The number of benzene rings is 3. The molecular weight excluding hydrogens is 398 g/mol. The molecule has 6 heteroatoms. The first-order valence-electron chi connectivity index (χ1n) is 9.72.